The largest absolute Gasteiger partial charge is 0.494 e. The molecule has 0 amide bonds. The van der Waals surface area contributed by atoms with Crippen LogP contribution in [0.4, 0.5) is 5.69 Å². The minimum Gasteiger partial charge on any atom is -0.494 e. The van der Waals surface area contributed by atoms with Crippen molar-refractivity contribution in [1.82, 2.24) is 10.2 Å². The van der Waals surface area contributed by atoms with Gasteiger partial charge in [0, 0.05) is 11.3 Å². The van der Waals surface area contributed by atoms with Crippen LogP contribution in [0.15, 0.2) is 54.6 Å². The average molecular weight is 349 g/mol. The van der Waals surface area contributed by atoms with Crippen LogP contribution in [-0.4, -0.2) is 16.8 Å². The van der Waals surface area contributed by atoms with Crippen LogP contribution in [0.25, 0.3) is 22.5 Å². The Bertz CT molecular complexity index is 808. The number of hydrogen-bond donors (Lipinski definition) is 2. The van der Waals surface area contributed by atoms with Gasteiger partial charge in [0.2, 0.25) is 0 Å². The molecule has 0 unspecified atom stereocenters. The molecule has 1 aromatic heterocycles. The maximum atomic E-state index is 5.85. The lowest BCUT2D eigenvalue weighted by Gasteiger charge is -2.06. The van der Waals surface area contributed by atoms with E-state index in [0.717, 1.165) is 47.0 Å². The Morgan fingerprint density at radius 3 is 2.50 bits per heavy atom. The van der Waals surface area contributed by atoms with E-state index in [4.69, 9.17) is 10.5 Å². The molecule has 0 saturated carbocycles. The first kappa shape index (κ1) is 18.1. The number of ether oxygens (including phenoxy) is 1. The van der Waals surface area contributed by atoms with Gasteiger partial charge < -0.3 is 10.5 Å². The van der Waals surface area contributed by atoms with Crippen molar-refractivity contribution in [2.45, 2.75) is 39.0 Å². The molecule has 0 aliphatic rings. The number of rotatable bonds is 9. The highest BCUT2D eigenvalue weighted by Gasteiger charge is 2.06. The van der Waals surface area contributed by atoms with Gasteiger partial charge >= 0.3 is 0 Å². The second-order valence-corrected chi connectivity index (χ2v) is 6.58. The van der Waals surface area contributed by atoms with Gasteiger partial charge in [-0.1, -0.05) is 44.7 Å². The second kappa shape index (κ2) is 9.09. The number of hydrogen-bond acceptors (Lipinski definition) is 3. The summed E-state index contributed by atoms with van der Waals surface area (Å²) in [6.07, 6.45) is 6.25. The summed E-state index contributed by atoms with van der Waals surface area (Å²) in [6, 6.07) is 17.9. The number of aromatic nitrogens is 2. The zero-order valence-electron chi connectivity index (χ0n) is 15.4. The number of anilines is 1. The van der Waals surface area contributed by atoms with Crippen molar-refractivity contribution in [2.24, 2.45) is 0 Å². The standard InChI is InChI=1S/C22H27N3O/c1-2-3-4-5-6-14-26-20-12-10-17(11-13-20)21-16-22(25-24-21)18-8-7-9-19(23)15-18/h7-13,15-16H,2-6,14,23H2,1H3,(H,24,25). The fourth-order valence-electron chi connectivity index (χ4n) is 2.94. The van der Waals surface area contributed by atoms with Gasteiger partial charge in [0.15, 0.2) is 0 Å². The van der Waals surface area contributed by atoms with Gasteiger partial charge in [-0.2, -0.15) is 5.10 Å². The van der Waals surface area contributed by atoms with E-state index < -0.39 is 0 Å². The molecule has 0 fully saturated rings. The summed E-state index contributed by atoms with van der Waals surface area (Å²) in [5, 5.41) is 7.50. The lowest BCUT2D eigenvalue weighted by molar-refractivity contribution is 0.304. The Morgan fingerprint density at radius 1 is 0.923 bits per heavy atom. The molecule has 3 aromatic rings. The van der Waals surface area contributed by atoms with E-state index >= 15 is 0 Å². The Hall–Kier alpha value is -2.75. The van der Waals surface area contributed by atoms with Crippen molar-refractivity contribution in [1.29, 1.82) is 0 Å². The number of nitrogens with two attached hydrogens (primary N) is 1. The first-order chi connectivity index (χ1) is 12.8. The minimum atomic E-state index is 0.739. The maximum Gasteiger partial charge on any atom is 0.119 e. The molecule has 0 aliphatic heterocycles. The summed E-state index contributed by atoms with van der Waals surface area (Å²) >= 11 is 0. The number of benzene rings is 2. The molecular weight excluding hydrogens is 322 g/mol. The highest BCUT2D eigenvalue weighted by Crippen LogP contribution is 2.26. The van der Waals surface area contributed by atoms with Crippen molar-refractivity contribution in [3.8, 4) is 28.3 Å². The van der Waals surface area contributed by atoms with Crippen LogP contribution in [0.5, 0.6) is 5.75 Å². The van der Waals surface area contributed by atoms with Crippen molar-refractivity contribution in [3.63, 3.8) is 0 Å². The Labute approximate surface area is 155 Å². The summed E-state index contributed by atoms with van der Waals surface area (Å²) < 4.78 is 5.83. The van der Waals surface area contributed by atoms with E-state index in [1.165, 1.54) is 25.7 Å². The quantitative estimate of drug-likeness (QED) is 0.386. The van der Waals surface area contributed by atoms with Gasteiger partial charge in [-0.25, -0.2) is 0 Å². The summed E-state index contributed by atoms with van der Waals surface area (Å²) in [5.74, 6) is 0.916. The molecule has 3 rings (SSSR count). The maximum absolute atomic E-state index is 5.85. The van der Waals surface area contributed by atoms with E-state index in [9.17, 15) is 0 Å². The second-order valence-electron chi connectivity index (χ2n) is 6.58. The lowest BCUT2D eigenvalue weighted by Crippen LogP contribution is -1.97. The minimum absolute atomic E-state index is 0.739. The topological polar surface area (TPSA) is 63.9 Å². The van der Waals surface area contributed by atoms with Gasteiger partial charge in [-0.3, -0.25) is 5.10 Å². The van der Waals surface area contributed by atoms with Crippen LogP contribution in [0.3, 0.4) is 0 Å². The van der Waals surface area contributed by atoms with Crippen molar-refractivity contribution < 1.29 is 4.74 Å². The molecule has 2 aromatic carbocycles. The smallest absolute Gasteiger partial charge is 0.119 e. The Kier molecular flexibility index (Phi) is 6.31. The average Bonchev–Trinajstić information content (AvgIpc) is 3.15. The first-order valence-corrected chi connectivity index (χ1v) is 9.41. The third kappa shape index (κ3) is 4.88. The van der Waals surface area contributed by atoms with Crippen molar-refractivity contribution >= 4 is 5.69 Å². The lowest BCUT2D eigenvalue weighted by atomic mass is 10.1. The van der Waals surface area contributed by atoms with E-state index in [-0.39, 0.29) is 0 Å². The summed E-state index contributed by atoms with van der Waals surface area (Å²) in [6.45, 7) is 3.02. The van der Waals surface area contributed by atoms with Crippen molar-refractivity contribution in [3.05, 3.63) is 54.6 Å². The molecule has 0 spiro atoms. The fraction of sp³-hybridized carbons (Fsp3) is 0.318. The summed E-state index contributed by atoms with van der Waals surface area (Å²) in [5.41, 5.74) is 10.6. The molecule has 136 valence electrons. The molecule has 0 bridgehead atoms. The summed E-state index contributed by atoms with van der Waals surface area (Å²) in [4.78, 5) is 0. The first-order valence-electron chi connectivity index (χ1n) is 9.41. The third-order valence-corrected chi connectivity index (χ3v) is 4.44. The van der Waals surface area contributed by atoms with E-state index in [1.807, 2.05) is 42.5 Å². The van der Waals surface area contributed by atoms with Crippen LogP contribution in [0.1, 0.15) is 39.0 Å². The predicted octanol–water partition coefficient (Wildman–Crippen LogP) is 5.68. The summed E-state index contributed by atoms with van der Waals surface area (Å²) in [7, 11) is 0. The monoisotopic (exact) mass is 349 g/mol. The number of aromatic amines is 1. The predicted molar refractivity (Wildman–Crippen MR) is 108 cm³/mol. The normalized spacial score (nSPS) is 10.8. The van der Waals surface area contributed by atoms with E-state index in [2.05, 4.69) is 29.3 Å². The molecule has 1 heterocycles. The van der Waals surface area contributed by atoms with E-state index in [1.54, 1.807) is 0 Å². The molecule has 0 aliphatic carbocycles. The fourth-order valence-corrected chi connectivity index (χ4v) is 2.94. The molecule has 0 atom stereocenters. The SMILES string of the molecule is CCCCCCCOc1ccc(-c2cc(-c3cccc(N)c3)n[nH]2)cc1. The Balaban J connectivity index is 1.57. The van der Waals surface area contributed by atoms with E-state index in [0.29, 0.717) is 0 Å². The van der Waals surface area contributed by atoms with Gasteiger partial charge in [-0.05, 0) is 54.4 Å². The molecular formula is C22H27N3O. The number of nitrogen functional groups attached to an aromatic ring is 1. The van der Waals surface area contributed by atoms with Gasteiger partial charge in [0.05, 0.1) is 18.0 Å². The van der Waals surface area contributed by atoms with Gasteiger partial charge in [0.1, 0.15) is 5.75 Å². The number of nitrogens with zero attached hydrogens (tertiary/aromatic N) is 1. The third-order valence-electron chi connectivity index (χ3n) is 4.44. The molecule has 3 N–H and O–H groups in total. The van der Waals surface area contributed by atoms with Crippen LogP contribution >= 0.6 is 0 Å². The Morgan fingerprint density at radius 2 is 1.73 bits per heavy atom. The highest BCUT2D eigenvalue weighted by molar-refractivity contribution is 5.70. The van der Waals surface area contributed by atoms with Crippen molar-refractivity contribution in [2.75, 3.05) is 12.3 Å². The van der Waals surface area contributed by atoms with Crippen LogP contribution < -0.4 is 10.5 Å². The zero-order chi connectivity index (χ0) is 18.2. The molecule has 26 heavy (non-hydrogen) atoms. The highest BCUT2D eigenvalue weighted by atomic mass is 16.5. The molecule has 0 radical (unpaired) electrons. The number of nitrogens with one attached hydrogen (secondary N) is 1. The number of unbranched alkanes of at least 4 members (excludes halogenated alkanes) is 4. The van der Waals surface area contributed by atoms with Crippen LogP contribution in [0.2, 0.25) is 0 Å². The molecule has 4 nitrogen and oxygen atoms in total. The molecule has 4 heteroatoms. The van der Waals surface area contributed by atoms with Gasteiger partial charge in [-0.15, -0.1) is 0 Å². The van der Waals surface area contributed by atoms with Gasteiger partial charge in [0.25, 0.3) is 0 Å². The van der Waals surface area contributed by atoms with Crippen LogP contribution in [0, 0.1) is 0 Å². The van der Waals surface area contributed by atoms with Crippen LogP contribution in [-0.2, 0) is 0 Å². The number of H-pyrrole nitrogens is 1. The zero-order valence-corrected chi connectivity index (χ0v) is 15.4. The molecule has 0 saturated heterocycles.